The second-order valence-electron chi connectivity index (χ2n) is 4.62. The van der Waals surface area contributed by atoms with E-state index in [-0.39, 0.29) is 0 Å². The smallest absolute Gasteiger partial charge is 0.314 e. The molecule has 3 aromatic rings. The SMILES string of the molecule is O=[PH](O)O.SS.c1ccc(P(c2ccccc2)c2ccccc2)cc1. The molecule has 3 nitrogen and oxygen atoms in total. The van der Waals surface area contributed by atoms with E-state index in [1.54, 1.807) is 0 Å². The molecule has 25 heavy (non-hydrogen) atoms. The van der Waals surface area contributed by atoms with Gasteiger partial charge >= 0.3 is 8.25 Å². The summed E-state index contributed by atoms with van der Waals surface area (Å²) in [6.07, 6.45) is 0. The van der Waals surface area contributed by atoms with Crippen LogP contribution in [0.2, 0.25) is 0 Å². The van der Waals surface area contributed by atoms with E-state index < -0.39 is 16.2 Å². The standard InChI is InChI=1S/C18H15P.H3O3P.H2S2/c1-4-10-16(11-5-1)19(17-12-6-2-7-13-17)18-14-8-3-9-15-18;1-4(2)3;1-2/h1-15H;4H,(H2,1,2,3);1-2H. The average molecular weight is 410 g/mol. The molecule has 0 aromatic heterocycles. The molecule has 3 rings (SSSR count). The van der Waals surface area contributed by atoms with E-state index in [2.05, 4.69) is 114 Å². The van der Waals surface area contributed by atoms with Crippen molar-refractivity contribution in [2.45, 2.75) is 0 Å². The minimum absolute atomic E-state index is 0.446. The van der Waals surface area contributed by atoms with Crippen LogP contribution >= 0.6 is 39.5 Å². The molecule has 0 aliphatic heterocycles. The summed E-state index contributed by atoms with van der Waals surface area (Å²) in [4.78, 5) is 14.3. The molecule has 132 valence electrons. The van der Waals surface area contributed by atoms with Crippen LogP contribution in [-0.2, 0) is 4.57 Å². The van der Waals surface area contributed by atoms with Crippen LogP contribution in [0.3, 0.4) is 0 Å². The highest BCUT2D eigenvalue weighted by Crippen LogP contribution is 2.32. The molecule has 0 spiro atoms. The highest BCUT2D eigenvalue weighted by molar-refractivity contribution is 8.59. The van der Waals surface area contributed by atoms with Gasteiger partial charge < -0.3 is 9.79 Å². The van der Waals surface area contributed by atoms with Crippen LogP contribution in [0.15, 0.2) is 91.0 Å². The lowest BCUT2D eigenvalue weighted by molar-refractivity contribution is 0.405. The molecule has 0 aliphatic rings. The van der Waals surface area contributed by atoms with Gasteiger partial charge in [0.05, 0.1) is 0 Å². The number of benzene rings is 3. The minimum Gasteiger partial charge on any atom is -0.326 e. The Bertz CT molecular complexity index is 631. The molecule has 0 aliphatic carbocycles. The van der Waals surface area contributed by atoms with Crippen LogP contribution in [0.4, 0.5) is 0 Å². The first kappa shape index (κ1) is 22.0. The van der Waals surface area contributed by atoms with Crippen molar-refractivity contribution >= 4 is 55.4 Å². The average Bonchev–Trinajstić information content (AvgIpc) is 2.66. The maximum absolute atomic E-state index is 8.74. The van der Waals surface area contributed by atoms with Gasteiger partial charge in [-0.15, -0.1) is 23.3 Å². The predicted molar refractivity (Wildman–Crippen MR) is 117 cm³/mol. The topological polar surface area (TPSA) is 57.5 Å². The maximum Gasteiger partial charge on any atom is 0.314 e. The van der Waals surface area contributed by atoms with Gasteiger partial charge in [-0.05, 0) is 23.8 Å². The van der Waals surface area contributed by atoms with E-state index >= 15 is 0 Å². The van der Waals surface area contributed by atoms with Crippen LogP contribution in [0.1, 0.15) is 0 Å². The van der Waals surface area contributed by atoms with Gasteiger partial charge in [0.1, 0.15) is 0 Å². The molecule has 2 N–H and O–H groups in total. The van der Waals surface area contributed by atoms with Crippen LogP contribution < -0.4 is 15.9 Å². The summed E-state index contributed by atoms with van der Waals surface area (Å²) in [5.41, 5.74) is 0. The first-order valence-electron chi connectivity index (χ1n) is 7.25. The lowest BCUT2D eigenvalue weighted by Gasteiger charge is -2.18. The zero-order valence-electron chi connectivity index (χ0n) is 13.3. The van der Waals surface area contributed by atoms with E-state index in [0.717, 1.165) is 0 Å². The molecule has 0 atom stereocenters. The van der Waals surface area contributed by atoms with E-state index in [1.165, 1.54) is 15.9 Å². The lowest BCUT2D eigenvalue weighted by atomic mass is 10.4. The molecular weight excluding hydrogens is 390 g/mol. The molecule has 0 fully saturated rings. The largest absolute Gasteiger partial charge is 0.326 e. The van der Waals surface area contributed by atoms with E-state index in [0.29, 0.717) is 0 Å². The van der Waals surface area contributed by atoms with Gasteiger partial charge in [0.15, 0.2) is 0 Å². The predicted octanol–water partition coefficient (Wildman–Crippen LogP) is 3.57. The summed E-state index contributed by atoms with van der Waals surface area (Å²) in [7, 11) is -3.58. The van der Waals surface area contributed by atoms with Crippen LogP contribution in [0.25, 0.3) is 0 Å². The molecule has 0 saturated heterocycles. The van der Waals surface area contributed by atoms with Gasteiger partial charge in [-0.3, -0.25) is 4.57 Å². The number of thiol groups is 2. The van der Waals surface area contributed by atoms with Gasteiger partial charge in [0.2, 0.25) is 0 Å². The van der Waals surface area contributed by atoms with Crippen molar-refractivity contribution in [2.75, 3.05) is 0 Å². The Morgan fingerprint density at radius 2 is 0.800 bits per heavy atom. The van der Waals surface area contributed by atoms with Crippen molar-refractivity contribution in [1.29, 1.82) is 0 Å². The first-order valence-corrected chi connectivity index (χ1v) is 11.5. The Hall–Kier alpha value is -1.06. The number of hydrogen-bond acceptors (Lipinski definition) is 3. The highest BCUT2D eigenvalue weighted by Gasteiger charge is 2.14. The third kappa shape index (κ3) is 8.24. The summed E-state index contributed by atoms with van der Waals surface area (Å²) in [6, 6.07) is 32.3. The number of hydrogen-bond donors (Lipinski definition) is 4. The first-order chi connectivity index (χ1) is 12.2. The summed E-state index contributed by atoms with van der Waals surface area (Å²) in [5, 5.41) is 4.19. The summed E-state index contributed by atoms with van der Waals surface area (Å²) >= 11 is 6.44. The van der Waals surface area contributed by atoms with Crippen LogP contribution in [0, 0.1) is 0 Å². The Morgan fingerprint density at radius 3 is 1.00 bits per heavy atom. The zero-order chi connectivity index (χ0) is 18.5. The molecule has 0 radical (unpaired) electrons. The van der Waals surface area contributed by atoms with Gasteiger partial charge in [0.25, 0.3) is 0 Å². The second-order valence-corrected chi connectivity index (χ2v) is 7.41. The van der Waals surface area contributed by atoms with Crippen LogP contribution in [-0.4, -0.2) is 9.79 Å². The molecule has 0 saturated carbocycles. The van der Waals surface area contributed by atoms with E-state index in [1.807, 2.05) is 0 Å². The third-order valence-corrected chi connectivity index (χ3v) is 5.49. The molecule has 0 heterocycles. The second kappa shape index (κ2) is 13.2. The molecule has 0 unspecified atom stereocenters. The molecular formula is C18H20O3P2S2. The zero-order valence-corrected chi connectivity index (χ0v) is 17.0. The van der Waals surface area contributed by atoms with Crippen molar-refractivity contribution in [3.63, 3.8) is 0 Å². The Labute approximate surface area is 160 Å². The van der Waals surface area contributed by atoms with Crippen molar-refractivity contribution in [2.24, 2.45) is 0 Å². The van der Waals surface area contributed by atoms with E-state index in [4.69, 9.17) is 14.4 Å². The van der Waals surface area contributed by atoms with Crippen molar-refractivity contribution in [1.82, 2.24) is 0 Å². The molecule has 3 aromatic carbocycles. The Balaban J connectivity index is 0.000000461. The van der Waals surface area contributed by atoms with Gasteiger partial charge in [-0.2, -0.15) is 0 Å². The van der Waals surface area contributed by atoms with Gasteiger partial charge in [-0.25, -0.2) is 0 Å². The lowest BCUT2D eigenvalue weighted by Crippen LogP contribution is -2.20. The van der Waals surface area contributed by atoms with Crippen molar-refractivity contribution in [3.05, 3.63) is 91.0 Å². The highest BCUT2D eigenvalue weighted by atomic mass is 33.1. The van der Waals surface area contributed by atoms with E-state index in [9.17, 15) is 0 Å². The molecule has 0 bridgehead atoms. The number of rotatable bonds is 3. The summed E-state index contributed by atoms with van der Waals surface area (Å²) in [6.45, 7) is 0. The third-order valence-electron chi connectivity index (χ3n) is 3.04. The summed E-state index contributed by atoms with van der Waals surface area (Å²) in [5.74, 6) is 0. The fourth-order valence-electron chi connectivity index (χ4n) is 2.18. The van der Waals surface area contributed by atoms with Crippen molar-refractivity contribution < 1.29 is 14.4 Å². The normalized spacial score (nSPS) is 9.68. The Kier molecular flexibility index (Phi) is 11.6. The molecule has 0 amide bonds. The van der Waals surface area contributed by atoms with Gasteiger partial charge in [0, 0.05) is 0 Å². The van der Waals surface area contributed by atoms with Crippen molar-refractivity contribution in [3.8, 4) is 0 Å². The fourth-order valence-corrected chi connectivity index (χ4v) is 4.48. The fraction of sp³-hybridized carbons (Fsp3) is 0. The van der Waals surface area contributed by atoms with Gasteiger partial charge in [-0.1, -0.05) is 91.0 Å². The minimum atomic E-state index is -3.13. The molecule has 7 heteroatoms. The Morgan fingerprint density at radius 1 is 0.600 bits per heavy atom. The summed E-state index contributed by atoms with van der Waals surface area (Å²) < 4.78 is 8.74. The monoisotopic (exact) mass is 410 g/mol. The van der Waals surface area contributed by atoms with Crippen LogP contribution in [0.5, 0.6) is 0 Å². The quantitative estimate of drug-likeness (QED) is 0.303. The maximum atomic E-state index is 8.74.